The zero-order valence-electron chi connectivity index (χ0n) is 27.7. The van der Waals surface area contributed by atoms with Crippen LogP contribution in [0, 0.1) is 11.8 Å². The zero-order valence-corrected chi connectivity index (χ0v) is 29.2. The van der Waals surface area contributed by atoms with Gasteiger partial charge in [-0.05, 0) is 61.8 Å². The number of aryl methyl sites for hydroxylation is 1. The van der Waals surface area contributed by atoms with Gasteiger partial charge in [0.25, 0.3) is 5.91 Å². The molecule has 1 saturated carbocycles. The number of halogens is 2. The van der Waals surface area contributed by atoms with Gasteiger partial charge in [-0.1, -0.05) is 48.3 Å². The zero-order chi connectivity index (χ0) is 34.1. The minimum Gasteiger partial charge on any atom is -0.481 e. The van der Waals surface area contributed by atoms with Gasteiger partial charge in [-0.2, -0.15) is 0 Å². The van der Waals surface area contributed by atoms with Gasteiger partial charge in [-0.15, -0.1) is 0 Å². The van der Waals surface area contributed by atoms with Crippen LogP contribution in [-0.2, 0) is 32.5 Å². The standard InChI is InChI=1S/C36H44Cl2N4O6/c1-21-16-41(19-33(21)47-3)24-14-25(20-48-26-10-8-22(9-11-26)36(45)46)42(17-24)34(43)13-23-12-30(38)31(15-29(23)37)39-35(44)28-18-40(2)32-7-5-4-6-27(28)32/h4-7,12,15,18,21-22,24-26,33H,8-11,13-14,16-17,19-20H2,1-3H3,(H,39,44)(H,45,46)/t21-,22-,24+,25+,26-,33+/m1/s1. The number of hydrogen-bond donors (Lipinski definition) is 2. The van der Waals surface area contributed by atoms with Gasteiger partial charge in [0.05, 0.1) is 53.5 Å². The number of amides is 2. The number of nitrogens with one attached hydrogen (secondary N) is 1. The van der Waals surface area contributed by atoms with Crippen LogP contribution in [0.5, 0.6) is 0 Å². The minimum atomic E-state index is -0.739. The largest absolute Gasteiger partial charge is 0.481 e. The number of rotatable bonds is 10. The van der Waals surface area contributed by atoms with Crippen LogP contribution in [0.3, 0.4) is 0 Å². The lowest BCUT2D eigenvalue weighted by Gasteiger charge is -2.30. The highest BCUT2D eigenvalue weighted by atomic mass is 35.5. The molecule has 3 heterocycles. The van der Waals surface area contributed by atoms with Crippen LogP contribution >= 0.6 is 23.2 Å². The quantitative estimate of drug-likeness (QED) is 0.272. The fourth-order valence-electron chi connectivity index (χ4n) is 7.72. The molecule has 0 bridgehead atoms. The number of para-hydroxylation sites is 1. The number of anilines is 1. The van der Waals surface area contributed by atoms with Crippen LogP contribution in [0.1, 0.15) is 54.9 Å². The summed E-state index contributed by atoms with van der Waals surface area (Å²) in [6.45, 7) is 4.90. The molecule has 2 aromatic carbocycles. The molecule has 6 rings (SSSR count). The van der Waals surface area contributed by atoms with Crippen molar-refractivity contribution in [2.75, 3.05) is 38.7 Å². The smallest absolute Gasteiger partial charge is 0.306 e. The molecule has 2 N–H and O–H groups in total. The van der Waals surface area contributed by atoms with Crippen molar-refractivity contribution in [3.05, 3.63) is 63.8 Å². The highest BCUT2D eigenvalue weighted by Gasteiger charge is 2.42. The molecule has 4 atom stereocenters. The van der Waals surface area contributed by atoms with Crippen molar-refractivity contribution in [3.63, 3.8) is 0 Å². The van der Waals surface area contributed by atoms with Crippen molar-refractivity contribution in [3.8, 4) is 0 Å². The normalized spacial score (nSPS) is 26.3. The van der Waals surface area contributed by atoms with E-state index in [2.05, 4.69) is 17.1 Å². The molecule has 12 heteroatoms. The summed E-state index contributed by atoms with van der Waals surface area (Å²) in [4.78, 5) is 43.0. The first kappa shape index (κ1) is 34.7. The van der Waals surface area contributed by atoms with Crippen LogP contribution in [0.2, 0.25) is 10.0 Å². The summed E-state index contributed by atoms with van der Waals surface area (Å²) in [6, 6.07) is 11.0. The Kier molecular flexibility index (Phi) is 10.7. The Balaban J connectivity index is 1.14. The molecule has 1 aromatic heterocycles. The van der Waals surface area contributed by atoms with Gasteiger partial charge < -0.3 is 29.4 Å². The number of ether oxygens (including phenoxy) is 2. The van der Waals surface area contributed by atoms with Gasteiger partial charge >= 0.3 is 5.97 Å². The molecule has 1 aliphatic carbocycles. The average molecular weight is 700 g/mol. The van der Waals surface area contributed by atoms with Crippen molar-refractivity contribution in [2.45, 2.75) is 69.7 Å². The summed E-state index contributed by atoms with van der Waals surface area (Å²) in [5.74, 6) is -1.01. The third-order valence-corrected chi connectivity index (χ3v) is 11.2. The van der Waals surface area contributed by atoms with E-state index in [0.29, 0.717) is 71.6 Å². The molecule has 3 fully saturated rings. The highest BCUT2D eigenvalue weighted by Crippen LogP contribution is 2.34. The van der Waals surface area contributed by atoms with Crippen LogP contribution in [0.25, 0.3) is 10.9 Å². The molecule has 48 heavy (non-hydrogen) atoms. The van der Waals surface area contributed by atoms with E-state index in [-0.39, 0.29) is 48.4 Å². The maximum atomic E-state index is 14.0. The maximum Gasteiger partial charge on any atom is 0.306 e. The number of aliphatic carboxylic acids is 1. The predicted molar refractivity (Wildman–Crippen MR) is 186 cm³/mol. The Morgan fingerprint density at radius 1 is 1.02 bits per heavy atom. The van der Waals surface area contributed by atoms with E-state index < -0.39 is 5.97 Å². The lowest BCUT2D eigenvalue weighted by atomic mass is 9.87. The molecule has 2 saturated heterocycles. The fraction of sp³-hybridized carbons (Fsp3) is 0.528. The molecule has 0 radical (unpaired) electrons. The number of benzene rings is 2. The van der Waals surface area contributed by atoms with E-state index in [1.165, 1.54) is 0 Å². The molecule has 2 amide bonds. The van der Waals surface area contributed by atoms with E-state index in [0.717, 1.165) is 30.4 Å². The Bertz CT molecular complexity index is 1670. The summed E-state index contributed by atoms with van der Waals surface area (Å²) in [7, 11) is 3.64. The van der Waals surface area contributed by atoms with Gasteiger partial charge in [0.2, 0.25) is 5.91 Å². The van der Waals surface area contributed by atoms with Crippen LogP contribution in [0.15, 0.2) is 42.6 Å². The lowest BCUT2D eigenvalue weighted by molar-refractivity contribution is -0.144. The van der Waals surface area contributed by atoms with Crippen molar-refractivity contribution >= 4 is 57.6 Å². The topological polar surface area (TPSA) is 113 Å². The molecule has 0 spiro atoms. The number of fused-ring (bicyclic) bond motifs is 1. The van der Waals surface area contributed by atoms with Crippen molar-refractivity contribution < 1.29 is 29.0 Å². The maximum absolute atomic E-state index is 14.0. The number of carboxylic acid groups (broad SMARTS) is 1. The summed E-state index contributed by atoms with van der Waals surface area (Å²) < 4.78 is 13.9. The van der Waals surface area contributed by atoms with Gasteiger partial charge in [-0.25, -0.2) is 0 Å². The van der Waals surface area contributed by atoms with E-state index >= 15 is 0 Å². The summed E-state index contributed by atoms with van der Waals surface area (Å²) in [6.07, 6.45) is 5.41. The second-order valence-electron chi connectivity index (χ2n) is 13.7. The Labute approximate surface area is 291 Å². The molecule has 0 unspecified atom stereocenters. The van der Waals surface area contributed by atoms with Gasteiger partial charge in [-0.3, -0.25) is 19.3 Å². The first-order chi connectivity index (χ1) is 23.0. The number of methoxy groups -OCH3 is 1. The second kappa shape index (κ2) is 14.8. The SMILES string of the molecule is CO[C@H]1CN([C@H]2C[C@@H](CO[C@H]3CC[C@H](C(=O)O)CC3)N(C(=O)Cc3cc(Cl)c(NC(=O)c4cn(C)c5ccccc45)cc3Cl)C2)C[C@H]1C. The Morgan fingerprint density at radius 3 is 2.48 bits per heavy atom. The minimum absolute atomic E-state index is 0.00818. The van der Waals surface area contributed by atoms with E-state index in [9.17, 15) is 19.5 Å². The number of carbonyl (C=O) groups is 3. The number of nitrogens with zero attached hydrogens (tertiary/aromatic N) is 3. The molecule has 3 aliphatic rings. The first-order valence-corrected chi connectivity index (χ1v) is 17.5. The van der Waals surface area contributed by atoms with Crippen molar-refractivity contribution in [1.29, 1.82) is 0 Å². The molecular weight excluding hydrogens is 655 g/mol. The highest BCUT2D eigenvalue weighted by molar-refractivity contribution is 6.36. The average Bonchev–Trinajstić information content (AvgIpc) is 3.77. The Hall–Kier alpha value is -3.15. The Morgan fingerprint density at radius 2 is 1.77 bits per heavy atom. The number of carboxylic acids is 1. The number of carbonyl (C=O) groups excluding carboxylic acids is 2. The van der Waals surface area contributed by atoms with E-state index in [1.54, 1.807) is 25.4 Å². The fourth-order valence-corrected chi connectivity index (χ4v) is 8.18. The number of aromatic nitrogens is 1. The molecule has 258 valence electrons. The van der Waals surface area contributed by atoms with Gasteiger partial charge in [0, 0.05) is 62.0 Å². The second-order valence-corrected chi connectivity index (χ2v) is 14.5. The summed E-state index contributed by atoms with van der Waals surface area (Å²) >= 11 is 13.4. The molecule has 2 aliphatic heterocycles. The van der Waals surface area contributed by atoms with Crippen molar-refractivity contribution in [2.24, 2.45) is 18.9 Å². The van der Waals surface area contributed by atoms with Crippen LogP contribution in [0.4, 0.5) is 5.69 Å². The predicted octanol–water partition coefficient (Wildman–Crippen LogP) is 5.88. The third-order valence-electron chi connectivity index (χ3n) is 10.5. The van der Waals surface area contributed by atoms with Crippen molar-refractivity contribution in [1.82, 2.24) is 14.4 Å². The third kappa shape index (κ3) is 7.38. The number of likely N-dealkylation sites (tertiary alicyclic amines) is 2. The van der Waals surface area contributed by atoms with Crippen LogP contribution < -0.4 is 5.32 Å². The first-order valence-electron chi connectivity index (χ1n) is 16.8. The van der Waals surface area contributed by atoms with E-state index in [4.69, 9.17) is 32.7 Å². The molecular formula is C36H44Cl2N4O6. The lowest BCUT2D eigenvalue weighted by Crippen LogP contribution is -2.41. The molecule has 10 nitrogen and oxygen atoms in total. The molecule has 3 aromatic rings. The monoisotopic (exact) mass is 698 g/mol. The number of hydrogen-bond acceptors (Lipinski definition) is 6. The van der Waals surface area contributed by atoms with E-state index in [1.807, 2.05) is 40.8 Å². The van der Waals surface area contributed by atoms with Gasteiger partial charge in [0.1, 0.15) is 0 Å². The summed E-state index contributed by atoms with van der Waals surface area (Å²) in [5.41, 5.74) is 2.42. The summed E-state index contributed by atoms with van der Waals surface area (Å²) in [5, 5.41) is 13.7. The van der Waals surface area contributed by atoms with Gasteiger partial charge in [0.15, 0.2) is 0 Å². The van der Waals surface area contributed by atoms with Crippen LogP contribution in [-0.4, -0.2) is 94.9 Å².